The standard InChI is InChI=1S/C27H30F7N3O5/c1-15-9-19(28)3-4-21(15)22-13-20(42-24(40)35-6-8-38)5-7-37(22)25(41)36(2)23(14-39)16-10-17(26(29,30)31)12-18(11-16)27(32,33)34/h3-4,9-12,20,22-23,38-39H,5-8,13-14H2,1-2H3,(H,35,40)/t20-,22+,23-/m0/s1. The van der Waals surface area contributed by atoms with Gasteiger partial charge < -0.3 is 30.1 Å². The number of alkyl halides is 6. The van der Waals surface area contributed by atoms with Crippen LogP contribution in [0.5, 0.6) is 0 Å². The molecule has 2 aromatic carbocycles. The number of amides is 3. The monoisotopic (exact) mass is 609 g/mol. The summed E-state index contributed by atoms with van der Waals surface area (Å²) in [7, 11) is 1.14. The van der Waals surface area contributed by atoms with E-state index in [0.717, 1.165) is 18.0 Å². The summed E-state index contributed by atoms with van der Waals surface area (Å²) in [6.45, 7) is 0.146. The minimum absolute atomic E-state index is 0.0319. The Morgan fingerprint density at radius 1 is 1.07 bits per heavy atom. The van der Waals surface area contributed by atoms with Crippen molar-refractivity contribution < 1.29 is 55.3 Å². The summed E-state index contributed by atoms with van der Waals surface area (Å²) < 4.78 is 100.0. The van der Waals surface area contributed by atoms with Crippen LogP contribution in [0, 0.1) is 12.7 Å². The quantitative estimate of drug-likeness (QED) is 0.376. The highest BCUT2D eigenvalue weighted by Crippen LogP contribution is 2.40. The summed E-state index contributed by atoms with van der Waals surface area (Å²) in [5, 5.41) is 21.3. The van der Waals surface area contributed by atoms with Gasteiger partial charge in [0.25, 0.3) is 0 Å². The van der Waals surface area contributed by atoms with Crippen LogP contribution in [0.3, 0.4) is 0 Å². The van der Waals surface area contributed by atoms with E-state index in [1.807, 2.05) is 0 Å². The molecule has 0 aromatic heterocycles. The number of carbonyl (C=O) groups is 2. The van der Waals surface area contributed by atoms with Crippen molar-refractivity contribution in [3.8, 4) is 0 Å². The van der Waals surface area contributed by atoms with Gasteiger partial charge in [-0.1, -0.05) is 6.07 Å². The molecule has 2 aromatic rings. The highest BCUT2D eigenvalue weighted by molar-refractivity contribution is 5.76. The largest absolute Gasteiger partial charge is 0.446 e. The maximum absolute atomic E-state index is 13.9. The Balaban J connectivity index is 1.97. The highest BCUT2D eigenvalue weighted by Gasteiger charge is 2.40. The first-order chi connectivity index (χ1) is 19.6. The molecule has 1 aliphatic rings. The second-order valence-corrected chi connectivity index (χ2v) is 9.84. The van der Waals surface area contributed by atoms with Gasteiger partial charge in [0.2, 0.25) is 0 Å². The molecule has 1 saturated heterocycles. The molecule has 232 valence electrons. The minimum Gasteiger partial charge on any atom is -0.446 e. The number of benzene rings is 2. The predicted molar refractivity (Wildman–Crippen MR) is 135 cm³/mol. The molecule has 0 unspecified atom stereocenters. The molecule has 3 N–H and O–H groups in total. The van der Waals surface area contributed by atoms with Gasteiger partial charge in [-0.2, -0.15) is 26.3 Å². The third-order valence-corrected chi connectivity index (χ3v) is 6.98. The van der Waals surface area contributed by atoms with Gasteiger partial charge in [-0.15, -0.1) is 0 Å². The van der Waals surface area contributed by atoms with Crippen LogP contribution in [0.4, 0.5) is 40.3 Å². The van der Waals surface area contributed by atoms with Crippen molar-refractivity contribution >= 4 is 12.1 Å². The fourth-order valence-electron chi connectivity index (χ4n) is 4.89. The van der Waals surface area contributed by atoms with Crippen LogP contribution >= 0.6 is 0 Å². The number of ether oxygens (including phenoxy) is 1. The molecule has 1 fully saturated rings. The number of aliphatic hydroxyl groups is 2. The summed E-state index contributed by atoms with van der Waals surface area (Å²) in [6, 6.07) is 1.40. The van der Waals surface area contributed by atoms with E-state index in [2.05, 4.69) is 5.32 Å². The van der Waals surface area contributed by atoms with E-state index in [4.69, 9.17) is 9.84 Å². The molecule has 0 spiro atoms. The second kappa shape index (κ2) is 13.2. The molecule has 0 radical (unpaired) electrons. The summed E-state index contributed by atoms with van der Waals surface area (Å²) in [4.78, 5) is 27.9. The van der Waals surface area contributed by atoms with Gasteiger partial charge in [0.05, 0.1) is 36.4 Å². The molecule has 0 aliphatic carbocycles. The van der Waals surface area contributed by atoms with Crippen LogP contribution in [0.25, 0.3) is 0 Å². The van der Waals surface area contributed by atoms with Gasteiger partial charge in [-0.25, -0.2) is 14.0 Å². The minimum atomic E-state index is -5.13. The average molecular weight is 610 g/mol. The number of nitrogens with one attached hydrogen (secondary N) is 1. The number of halogens is 7. The Bertz CT molecular complexity index is 1240. The number of hydrogen-bond donors (Lipinski definition) is 3. The molecule has 0 bridgehead atoms. The van der Waals surface area contributed by atoms with E-state index in [1.165, 1.54) is 17.0 Å². The lowest BCUT2D eigenvalue weighted by Gasteiger charge is -2.42. The summed E-state index contributed by atoms with van der Waals surface area (Å²) in [6.07, 6.45) is -11.6. The fraction of sp³-hybridized carbons (Fsp3) is 0.481. The third-order valence-electron chi connectivity index (χ3n) is 6.98. The molecule has 1 heterocycles. The molecular formula is C27H30F7N3O5. The molecular weight excluding hydrogens is 579 g/mol. The molecule has 1 aliphatic heterocycles. The Morgan fingerprint density at radius 3 is 2.21 bits per heavy atom. The van der Waals surface area contributed by atoms with Crippen LogP contribution < -0.4 is 5.32 Å². The number of urea groups is 1. The average Bonchev–Trinajstić information content (AvgIpc) is 2.90. The number of carbonyl (C=O) groups excluding carboxylic acids is 2. The zero-order chi connectivity index (χ0) is 31.4. The van der Waals surface area contributed by atoms with Crippen molar-refractivity contribution in [2.45, 2.75) is 50.3 Å². The lowest BCUT2D eigenvalue weighted by molar-refractivity contribution is -0.143. The van der Waals surface area contributed by atoms with Crippen molar-refractivity contribution in [3.05, 3.63) is 70.0 Å². The van der Waals surface area contributed by atoms with Crippen molar-refractivity contribution in [2.75, 3.05) is 33.4 Å². The maximum Gasteiger partial charge on any atom is 0.416 e. The smallest absolute Gasteiger partial charge is 0.416 e. The van der Waals surface area contributed by atoms with Crippen molar-refractivity contribution in [1.82, 2.24) is 15.1 Å². The van der Waals surface area contributed by atoms with Crippen LogP contribution in [0.15, 0.2) is 36.4 Å². The van der Waals surface area contributed by atoms with E-state index in [9.17, 15) is 45.4 Å². The Hall–Kier alpha value is -3.59. The fourth-order valence-corrected chi connectivity index (χ4v) is 4.89. The molecule has 0 saturated carbocycles. The topological polar surface area (TPSA) is 102 Å². The highest BCUT2D eigenvalue weighted by atomic mass is 19.4. The molecule has 3 atom stereocenters. The zero-order valence-corrected chi connectivity index (χ0v) is 22.6. The number of nitrogens with zero attached hydrogens (tertiary/aromatic N) is 2. The van der Waals surface area contributed by atoms with Crippen LogP contribution in [-0.4, -0.2) is 71.6 Å². The maximum atomic E-state index is 13.9. The van der Waals surface area contributed by atoms with E-state index in [-0.39, 0.29) is 38.6 Å². The van der Waals surface area contributed by atoms with Gasteiger partial charge in [0.15, 0.2) is 0 Å². The number of hydrogen-bond acceptors (Lipinski definition) is 5. The third kappa shape index (κ3) is 7.82. The van der Waals surface area contributed by atoms with E-state index in [1.54, 1.807) is 6.92 Å². The lowest BCUT2D eigenvalue weighted by Crippen LogP contribution is -2.50. The van der Waals surface area contributed by atoms with E-state index in [0.29, 0.717) is 23.3 Å². The van der Waals surface area contributed by atoms with Crippen LogP contribution in [-0.2, 0) is 17.1 Å². The molecule has 42 heavy (non-hydrogen) atoms. The van der Waals surface area contributed by atoms with Gasteiger partial charge in [-0.3, -0.25) is 0 Å². The summed E-state index contributed by atoms with van der Waals surface area (Å²) >= 11 is 0. The first-order valence-corrected chi connectivity index (χ1v) is 12.8. The molecule has 15 heteroatoms. The van der Waals surface area contributed by atoms with E-state index >= 15 is 0 Å². The van der Waals surface area contributed by atoms with Crippen molar-refractivity contribution in [1.29, 1.82) is 0 Å². The lowest BCUT2D eigenvalue weighted by atomic mass is 9.90. The molecule has 8 nitrogen and oxygen atoms in total. The number of rotatable bonds is 7. The first-order valence-electron chi connectivity index (χ1n) is 12.8. The number of alkyl carbamates (subject to hydrolysis) is 1. The molecule has 3 rings (SSSR count). The summed E-state index contributed by atoms with van der Waals surface area (Å²) in [5.74, 6) is -0.552. The van der Waals surface area contributed by atoms with Crippen LogP contribution in [0.1, 0.15) is 52.7 Å². The van der Waals surface area contributed by atoms with Gasteiger partial charge in [0.1, 0.15) is 11.9 Å². The second-order valence-electron chi connectivity index (χ2n) is 9.84. The predicted octanol–water partition coefficient (Wildman–Crippen LogP) is 5.18. The van der Waals surface area contributed by atoms with Gasteiger partial charge >= 0.3 is 24.5 Å². The van der Waals surface area contributed by atoms with E-state index < -0.39 is 71.8 Å². The summed E-state index contributed by atoms with van der Waals surface area (Å²) in [5.41, 5.74) is -2.85. The first kappa shape index (κ1) is 32.9. The number of piperidine rings is 1. The SMILES string of the molecule is Cc1cc(F)ccc1[C@H]1C[C@@H](OC(=O)NCCO)CCN1C(=O)N(C)[C@@H](CO)c1cc(C(F)(F)F)cc(C(F)(F)F)c1. The van der Waals surface area contributed by atoms with Crippen molar-refractivity contribution in [3.63, 3.8) is 0 Å². The van der Waals surface area contributed by atoms with Crippen LogP contribution in [0.2, 0.25) is 0 Å². The van der Waals surface area contributed by atoms with Gasteiger partial charge in [0, 0.05) is 33.0 Å². The number of aliphatic hydroxyl groups excluding tert-OH is 2. The Labute approximate surface area is 236 Å². The Kier molecular flexibility index (Phi) is 10.3. The zero-order valence-electron chi connectivity index (χ0n) is 22.6. The number of likely N-dealkylation sites (tertiary alicyclic amines) is 1. The Morgan fingerprint density at radius 2 is 1.69 bits per heavy atom. The van der Waals surface area contributed by atoms with Gasteiger partial charge in [-0.05, 0) is 53.9 Å². The number of likely N-dealkylation sites (N-methyl/N-ethyl adjacent to an activating group) is 1. The normalized spacial score (nSPS) is 18.4. The number of aryl methyl sites for hydroxylation is 1. The van der Waals surface area contributed by atoms with Crippen molar-refractivity contribution in [2.24, 2.45) is 0 Å². The molecule has 3 amide bonds.